The van der Waals surface area contributed by atoms with Crippen molar-refractivity contribution < 1.29 is 19.1 Å². The second-order valence-corrected chi connectivity index (χ2v) is 8.42. The van der Waals surface area contributed by atoms with Gasteiger partial charge in [0.05, 0.1) is 23.1 Å². The van der Waals surface area contributed by atoms with E-state index in [-0.39, 0.29) is 29.4 Å². The Hall–Kier alpha value is -2.47. The lowest BCUT2D eigenvalue weighted by Crippen LogP contribution is -2.31. The lowest BCUT2D eigenvalue weighted by Gasteiger charge is -2.25. The minimum atomic E-state index is -0.537. The first-order valence-electron chi connectivity index (χ1n) is 9.40. The molecule has 2 aromatic rings. The summed E-state index contributed by atoms with van der Waals surface area (Å²) in [6.45, 7) is 2.12. The molecule has 4 rings (SSSR count). The van der Waals surface area contributed by atoms with Crippen LogP contribution in [0.25, 0.3) is 0 Å². The van der Waals surface area contributed by atoms with Crippen molar-refractivity contribution in [2.75, 3.05) is 4.90 Å². The van der Waals surface area contributed by atoms with Crippen LogP contribution in [-0.2, 0) is 9.59 Å². The number of carbonyl (C=O) groups is 3. The summed E-state index contributed by atoms with van der Waals surface area (Å²) in [4.78, 5) is 39.7. The van der Waals surface area contributed by atoms with Crippen LogP contribution in [0.4, 0.5) is 5.69 Å². The van der Waals surface area contributed by atoms with Gasteiger partial charge in [0.15, 0.2) is 5.75 Å². The van der Waals surface area contributed by atoms with Crippen molar-refractivity contribution in [2.24, 2.45) is 17.8 Å². The molecule has 0 bridgehead atoms. The number of imide groups is 1. The Kier molecular flexibility index (Phi) is 5.06. The van der Waals surface area contributed by atoms with E-state index >= 15 is 0 Å². The first-order valence-corrected chi connectivity index (χ1v) is 10.2. The zero-order valence-corrected chi connectivity index (χ0v) is 17.0. The molecule has 0 N–H and O–H groups in total. The largest absolute Gasteiger partial charge is 0.421 e. The third-order valence-electron chi connectivity index (χ3n) is 5.58. The molecule has 2 amide bonds. The number of halogens is 1. The molecule has 28 heavy (non-hydrogen) atoms. The van der Waals surface area contributed by atoms with Crippen molar-refractivity contribution in [1.82, 2.24) is 0 Å². The first kappa shape index (κ1) is 18.9. The van der Waals surface area contributed by atoms with Gasteiger partial charge in [0.1, 0.15) is 0 Å². The quantitative estimate of drug-likeness (QED) is 0.396. The molecule has 2 fully saturated rings. The van der Waals surface area contributed by atoms with Crippen molar-refractivity contribution >= 4 is 39.4 Å². The molecule has 1 aliphatic carbocycles. The summed E-state index contributed by atoms with van der Waals surface area (Å²) < 4.78 is 6.41. The topological polar surface area (TPSA) is 63.7 Å². The molecule has 1 heterocycles. The third-order valence-corrected chi connectivity index (χ3v) is 6.11. The number of benzene rings is 2. The van der Waals surface area contributed by atoms with Crippen molar-refractivity contribution in [3.05, 3.63) is 58.6 Å². The van der Waals surface area contributed by atoms with Gasteiger partial charge < -0.3 is 4.74 Å². The number of esters is 1. The number of ether oxygens (including phenoxy) is 1. The van der Waals surface area contributed by atoms with Crippen LogP contribution in [0.3, 0.4) is 0 Å². The van der Waals surface area contributed by atoms with Crippen LogP contribution in [0.5, 0.6) is 5.75 Å². The minimum absolute atomic E-state index is 0.186. The van der Waals surface area contributed by atoms with Crippen molar-refractivity contribution in [1.29, 1.82) is 0 Å². The number of anilines is 1. The van der Waals surface area contributed by atoms with Gasteiger partial charge in [-0.25, -0.2) is 9.69 Å². The van der Waals surface area contributed by atoms with E-state index in [4.69, 9.17) is 4.74 Å². The molecular weight excluding hydrogens is 422 g/mol. The lowest BCUT2D eigenvalue weighted by molar-refractivity contribution is -0.122. The van der Waals surface area contributed by atoms with Gasteiger partial charge >= 0.3 is 5.97 Å². The maximum absolute atomic E-state index is 13.0. The van der Waals surface area contributed by atoms with Crippen LogP contribution in [-0.4, -0.2) is 17.8 Å². The predicted molar refractivity (Wildman–Crippen MR) is 108 cm³/mol. The van der Waals surface area contributed by atoms with E-state index in [9.17, 15) is 14.4 Å². The molecular formula is C22H20BrNO4. The highest BCUT2D eigenvalue weighted by Crippen LogP contribution is 2.44. The van der Waals surface area contributed by atoms with Crippen LogP contribution in [0.15, 0.2) is 53.0 Å². The fourth-order valence-corrected chi connectivity index (χ4v) is 4.36. The fourth-order valence-electron chi connectivity index (χ4n) is 4.10. The van der Waals surface area contributed by atoms with E-state index in [0.29, 0.717) is 17.2 Å². The Bertz CT molecular complexity index is 940. The number of hydrogen-bond donors (Lipinski definition) is 0. The maximum atomic E-state index is 13.0. The number of amides is 2. The minimum Gasteiger partial charge on any atom is -0.421 e. The summed E-state index contributed by atoms with van der Waals surface area (Å²) in [5.41, 5.74) is 0.726. The van der Waals surface area contributed by atoms with Gasteiger partial charge in [-0.3, -0.25) is 9.59 Å². The number of nitrogens with zero attached hydrogens (tertiary/aromatic N) is 1. The van der Waals surface area contributed by atoms with Crippen LogP contribution in [0.1, 0.15) is 36.5 Å². The zero-order chi connectivity index (χ0) is 19.8. The molecule has 0 unspecified atom stereocenters. The van der Waals surface area contributed by atoms with Gasteiger partial charge in [-0.2, -0.15) is 0 Å². The molecule has 144 valence electrons. The molecule has 0 aromatic heterocycles. The number of para-hydroxylation sites is 2. The summed E-state index contributed by atoms with van der Waals surface area (Å²) in [5, 5.41) is 0. The van der Waals surface area contributed by atoms with E-state index in [0.717, 1.165) is 23.7 Å². The molecule has 1 saturated heterocycles. The average molecular weight is 442 g/mol. The van der Waals surface area contributed by atoms with E-state index in [1.807, 2.05) is 0 Å². The monoisotopic (exact) mass is 441 g/mol. The Morgan fingerprint density at radius 2 is 1.68 bits per heavy atom. The van der Waals surface area contributed by atoms with E-state index in [1.54, 1.807) is 48.5 Å². The zero-order valence-electron chi connectivity index (χ0n) is 15.4. The van der Waals surface area contributed by atoms with Crippen molar-refractivity contribution in [2.45, 2.75) is 26.2 Å². The highest BCUT2D eigenvalue weighted by atomic mass is 79.9. The molecule has 2 aliphatic rings. The molecule has 0 spiro atoms. The van der Waals surface area contributed by atoms with Gasteiger partial charge in [-0.15, -0.1) is 0 Å². The van der Waals surface area contributed by atoms with E-state index in [1.165, 1.54) is 4.90 Å². The molecule has 2 aromatic carbocycles. The number of rotatable bonds is 3. The van der Waals surface area contributed by atoms with Crippen molar-refractivity contribution in [3.63, 3.8) is 0 Å². The van der Waals surface area contributed by atoms with Gasteiger partial charge in [-0.1, -0.05) is 35.0 Å². The van der Waals surface area contributed by atoms with Gasteiger partial charge in [0.2, 0.25) is 11.8 Å². The lowest BCUT2D eigenvalue weighted by atomic mass is 9.76. The fraction of sp³-hybridized carbons (Fsp3) is 0.318. The Morgan fingerprint density at radius 3 is 2.43 bits per heavy atom. The normalized spacial score (nSPS) is 24.2. The van der Waals surface area contributed by atoms with Crippen LogP contribution in [0, 0.1) is 17.8 Å². The maximum Gasteiger partial charge on any atom is 0.343 e. The van der Waals surface area contributed by atoms with Crippen LogP contribution < -0.4 is 9.64 Å². The Labute approximate surface area is 171 Å². The van der Waals surface area contributed by atoms with Crippen molar-refractivity contribution in [3.8, 4) is 5.75 Å². The van der Waals surface area contributed by atoms with E-state index < -0.39 is 5.97 Å². The molecule has 6 heteroatoms. The summed E-state index contributed by atoms with van der Waals surface area (Å²) >= 11 is 3.33. The summed E-state index contributed by atoms with van der Waals surface area (Å²) in [6, 6.07) is 13.5. The molecule has 1 saturated carbocycles. The summed E-state index contributed by atoms with van der Waals surface area (Å²) in [7, 11) is 0. The van der Waals surface area contributed by atoms with Gasteiger partial charge in [0, 0.05) is 4.47 Å². The second-order valence-electron chi connectivity index (χ2n) is 7.51. The second kappa shape index (κ2) is 7.51. The number of carbonyl (C=O) groups excluding carboxylic acids is 3. The van der Waals surface area contributed by atoms with Crippen LogP contribution in [0.2, 0.25) is 0 Å². The third kappa shape index (κ3) is 3.37. The molecule has 0 radical (unpaired) electrons. The van der Waals surface area contributed by atoms with E-state index in [2.05, 4.69) is 22.9 Å². The SMILES string of the molecule is C[C@H]1CC[C@@H]2C(=O)N(c3ccccc3OC(=O)c3ccc(Br)cc3)C(=O)[C@@H]2C1. The highest BCUT2D eigenvalue weighted by Gasteiger charge is 2.50. The average Bonchev–Trinajstić information content (AvgIpc) is 2.93. The number of hydrogen-bond acceptors (Lipinski definition) is 4. The van der Waals surface area contributed by atoms with Gasteiger partial charge in [-0.05, 0) is 61.6 Å². The summed E-state index contributed by atoms with van der Waals surface area (Å²) in [6.07, 6.45) is 2.41. The molecule has 3 atom stereocenters. The number of fused-ring (bicyclic) bond motifs is 1. The smallest absolute Gasteiger partial charge is 0.343 e. The summed E-state index contributed by atoms with van der Waals surface area (Å²) in [5.74, 6) is -0.800. The van der Waals surface area contributed by atoms with Gasteiger partial charge in [0.25, 0.3) is 0 Å². The first-order chi connectivity index (χ1) is 13.5. The molecule has 5 nitrogen and oxygen atoms in total. The Morgan fingerprint density at radius 1 is 1.00 bits per heavy atom. The predicted octanol–water partition coefficient (Wildman–Crippen LogP) is 4.59. The molecule has 1 aliphatic heterocycles. The standard InChI is InChI=1S/C22H20BrNO4/c1-13-6-11-16-17(12-13)21(26)24(20(16)25)18-4-2-3-5-19(18)28-22(27)14-7-9-15(23)10-8-14/h2-5,7-10,13,16-17H,6,11-12H2,1H3/t13-,16-,17+/m0/s1. The van der Waals surface area contributed by atoms with Crippen LogP contribution >= 0.6 is 15.9 Å². The highest BCUT2D eigenvalue weighted by molar-refractivity contribution is 9.10. The Balaban J connectivity index is 1.63.